The van der Waals surface area contributed by atoms with E-state index in [0.717, 1.165) is 0 Å². The first-order valence-electron chi connectivity index (χ1n) is 3.07. The van der Waals surface area contributed by atoms with Crippen LogP contribution in [0.1, 0.15) is 13.8 Å². The molecule has 2 atom stereocenters. The van der Waals surface area contributed by atoms with Crippen LogP contribution in [0.25, 0.3) is 0 Å². The normalized spacial score (nSPS) is 17.9. The predicted octanol–water partition coefficient (Wildman–Crippen LogP) is 2.65. The van der Waals surface area contributed by atoms with Gasteiger partial charge in [-0.15, -0.1) is 23.2 Å². The van der Waals surface area contributed by atoms with Gasteiger partial charge in [-0.3, -0.25) is 0 Å². The van der Waals surface area contributed by atoms with E-state index in [1.165, 1.54) is 0 Å². The average Bonchev–Trinajstić information content (AvgIpc) is 1.84. The molecule has 0 aliphatic carbocycles. The van der Waals surface area contributed by atoms with Gasteiger partial charge in [0.25, 0.3) is 0 Å². The van der Waals surface area contributed by atoms with Crippen LogP contribution in [0, 0.1) is 11.8 Å². The zero-order valence-corrected chi connectivity index (χ0v) is 7.28. The molecular weight excluding hydrogens is 154 g/mol. The molecule has 2 radical (unpaired) electrons. The van der Waals surface area contributed by atoms with Crippen LogP contribution in [0.2, 0.25) is 6.32 Å². The molecule has 0 nitrogen and oxygen atoms in total. The highest BCUT2D eigenvalue weighted by molar-refractivity contribution is 6.44. The third-order valence-corrected chi connectivity index (χ3v) is 2.46. The maximum Gasteiger partial charge on any atom is 0.110 e. The Labute approximate surface area is 68.3 Å². The summed E-state index contributed by atoms with van der Waals surface area (Å²) in [7, 11) is 5.39. The van der Waals surface area contributed by atoms with Gasteiger partial charge in [0.15, 0.2) is 0 Å². The van der Waals surface area contributed by atoms with Gasteiger partial charge in [-0.25, -0.2) is 0 Å². The first-order chi connectivity index (χ1) is 4.09. The Balaban J connectivity index is 3.58. The molecule has 9 heavy (non-hydrogen) atoms. The van der Waals surface area contributed by atoms with Gasteiger partial charge in [0.05, 0.1) is 7.85 Å². The molecule has 0 saturated heterocycles. The molecule has 0 bridgehead atoms. The molecule has 0 spiro atoms. The molecule has 0 saturated carbocycles. The van der Waals surface area contributed by atoms with E-state index >= 15 is 0 Å². The third kappa shape index (κ3) is 3.37. The maximum absolute atomic E-state index is 5.61. The SMILES string of the molecule is [B]CC(C)C(C)C(Cl)Cl. The molecule has 3 heteroatoms. The van der Waals surface area contributed by atoms with E-state index < -0.39 is 0 Å². The average molecular weight is 165 g/mol. The molecule has 0 aromatic carbocycles. The van der Waals surface area contributed by atoms with Crippen LogP contribution in [-0.2, 0) is 0 Å². The minimum absolute atomic E-state index is 0.288. The van der Waals surface area contributed by atoms with Gasteiger partial charge in [-0.2, -0.15) is 0 Å². The zero-order valence-electron chi connectivity index (χ0n) is 5.77. The fourth-order valence-electron chi connectivity index (χ4n) is 0.463. The summed E-state index contributed by atoms with van der Waals surface area (Å²) in [6.45, 7) is 4.05. The van der Waals surface area contributed by atoms with Gasteiger partial charge in [-0.05, 0) is 11.8 Å². The van der Waals surface area contributed by atoms with Gasteiger partial charge < -0.3 is 0 Å². The molecular formula is C6H11BCl2. The Kier molecular flexibility index (Phi) is 4.78. The largest absolute Gasteiger partial charge is 0.110 e. The highest BCUT2D eigenvalue weighted by atomic mass is 35.5. The monoisotopic (exact) mass is 164 g/mol. The molecule has 0 fully saturated rings. The van der Waals surface area contributed by atoms with Crippen LogP contribution in [0.5, 0.6) is 0 Å². The summed E-state index contributed by atoms with van der Waals surface area (Å²) in [5.74, 6) is 0.698. The fourth-order valence-corrected chi connectivity index (χ4v) is 0.960. The molecule has 0 aromatic heterocycles. The van der Waals surface area contributed by atoms with E-state index in [-0.39, 0.29) is 4.84 Å². The maximum atomic E-state index is 5.61. The topological polar surface area (TPSA) is 0 Å². The highest BCUT2D eigenvalue weighted by Gasteiger charge is 2.16. The van der Waals surface area contributed by atoms with Crippen molar-refractivity contribution in [2.24, 2.45) is 11.8 Å². The summed E-state index contributed by atoms with van der Waals surface area (Å²) in [4.78, 5) is -0.288. The molecule has 0 aliphatic heterocycles. The summed E-state index contributed by atoms with van der Waals surface area (Å²) < 4.78 is 0. The van der Waals surface area contributed by atoms with E-state index in [4.69, 9.17) is 31.0 Å². The summed E-state index contributed by atoms with van der Waals surface area (Å²) in [6.07, 6.45) is 0.650. The third-order valence-electron chi connectivity index (χ3n) is 1.67. The van der Waals surface area contributed by atoms with Gasteiger partial charge in [0.2, 0.25) is 0 Å². The number of hydrogen-bond acceptors (Lipinski definition) is 0. The molecule has 0 rings (SSSR count). The molecule has 0 amide bonds. The Morgan fingerprint density at radius 1 is 1.33 bits per heavy atom. The Morgan fingerprint density at radius 2 is 1.78 bits per heavy atom. The van der Waals surface area contributed by atoms with Crippen LogP contribution < -0.4 is 0 Å². The van der Waals surface area contributed by atoms with Gasteiger partial charge in [0.1, 0.15) is 4.84 Å². The molecule has 0 N–H and O–H groups in total. The standard InChI is InChI=1S/C6H11BCl2/c1-4(3-7)5(2)6(8)9/h4-6H,3H2,1-2H3. The van der Waals surface area contributed by atoms with Crippen LogP contribution in [0.3, 0.4) is 0 Å². The van der Waals surface area contributed by atoms with Crippen molar-refractivity contribution in [3.63, 3.8) is 0 Å². The van der Waals surface area contributed by atoms with Crippen LogP contribution in [0.4, 0.5) is 0 Å². The highest BCUT2D eigenvalue weighted by Crippen LogP contribution is 2.24. The number of hydrogen-bond donors (Lipinski definition) is 0. The summed E-state index contributed by atoms with van der Waals surface area (Å²) >= 11 is 11.2. The lowest BCUT2D eigenvalue weighted by molar-refractivity contribution is 0.445. The lowest BCUT2D eigenvalue weighted by atomic mass is 9.85. The lowest BCUT2D eigenvalue weighted by Gasteiger charge is -2.18. The second kappa shape index (κ2) is 4.46. The quantitative estimate of drug-likeness (QED) is 0.445. The number of halogens is 2. The van der Waals surface area contributed by atoms with Crippen LogP contribution in [0.15, 0.2) is 0 Å². The Hall–Kier alpha value is 0.645. The fraction of sp³-hybridized carbons (Fsp3) is 1.00. The van der Waals surface area contributed by atoms with Crippen molar-refractivity contribution in [1.29, 1.82) is 0 Å². The van der Waals surface area contributed by atoms with Gasteiger partial charge >= 0.3 is 0 Å². The second-order valence-electron chi connectivity index (χ2n) is 2.41. The minimum atomic E-state index is -0.288. The van der Waals surface area contributed by atoms with Gasteiger partial charge in [-0.1, -0.05) is 20.2 Å². The Morgan fingerprint density at radius 3 is 1.89 bits per heavy atom. The molecule has 52 valence electrons. The summed E-state index contributed by atoms with van der Waals surface area (Å²) in [5.41, 5.74) is 0. The predicted molar refractivity (Wildman–Crippen MR) is 44.4 cm³/mol. The van der Waals surface area contributed by atoms with Crippen molar-refractivity contribution < 1.29 is 0 Å². The first kappa shape index (κ1) is 9.64. The van der Waals surface area contributed by atoms with Crippen LogP contribution in [-0.4, -0.2) is 12.7 Å². The summed E-state index contributed by atoms with van der Waals surface area (Å²) in [6, 6.07) is 0. The second-order valence-corrected chi connectivity index (χ2v) is 3.57. The Bertz CT molecular complexity index is 75.5. The number of rotatable bonds is 3. The van der Waals surface area contributed by atoms with E-state index in [2.05, 4.69) is 0 Å². The van der Waals surface area contributed by atoms with Crippen molar-refractivity contribution in [2.45, 2.75) is 25.0 Å². The van der Waals surface area contributed by atoms with Crippen molar-refractivity contribution in [2.75, 3.05) is 0 Å². The van der Waals surface area contributed by atoms with E-state index in [9.17, 15) is 0 Å². The lowest BCUT2D eigenvalue weighted by Crippen LogP contribution is -2.14. The molecule has 0 heterocycles. The van der Waals surface area contributed by atoms with Crippen molar-refractivity contribution in [3.8, 4) is 0 Å². The zero-order chi connectivity index (χ0) is 7.44. The van der Waals surface area contributed by atoms with Crippen molar-refractivity contribution in [1.82, 2.24) is 0 Å². The van der Waals surface area contributed by atoms with Gasteiger partial charge in [0, 0.05) is 0 Å². The molecule has 0 aromatic rings. The number of alkyl halides is 2. The van der Waals surface area contributed by atoms with E-state index in [1.807, 2.05) is 13.8 Å². The minimum Gasteiger partial charge on any atom is -0.105 e. The van der Waals surface area contributed by atoms with E-state index in [1.54, 1.807) is 0 Å². The van der Waals surface area contributed by atoms with Crippen molar-refractivity contribution in [3.05, 3.63) is 0 Å². The smallest absolute Gasteiger partial charge is 0.105 e. The first-order valence-corrected chi connectivity index (χ1v) is 3.95. The van der Waals surface area contributed by atoms with E-state index in [0.29, 0.717) is 18.2 Å². The molecule has 0 aliphatic rings. The van der Waals surface area contributed by atoms with Crippen LogP contribution >= 0.6 is 23.2 Å². The summed E-state index contributed by atoms with van der Waals surface area (Å²) in [5, 5.41) is 0. The van der Waals surface area contributed by atoms with Crippen molar-refractivity contribution >= 4 is 31.0 Å². The molecule has 2 unspecified atom stereocenters.